The van der Waals surface area contributed by atoms with Crippen LogP contribution in [0.2, 0.25) is 0 Å². The third-order valence-corrected chi connectivity index (χ3v) is 6.36. The Bertz CT molecular complexity index is 1020. The Labute approximate surface area is 168 Å². The average Bonchev–Trinajstić information content (AvgIpc) is 3.12. The van der Waals surface area contributed by atoms with Crippen molar-refractivity contribution in [3.8, 4) is 0 Å². The molecule has 0 saturated heterocycles. The van der Waals surface area contributed by atoms with E-state index in [0.29, 0.717) is 16.3 Å². The number of esters is 1. The van der Waals surface area contributed by atoms with Crippen molar-refractivity contribution in [1.82, 2.24) is 4.57 Å². The lowest BCUT2D eigenvalue weighted by molar-refractivity contribution is -0.143. The molecule has 0 N–H and O–H groups in total. The lowest BCUT2D eigenvalue weighted by Gasteiger charge is -2.05. The van der Waals surface area contributed by atoms with E-state index in [1.165, 1.54) is 22.7 Å². The van der Waals surface area contributed by atoms with Crippen LogP contribution in [0, 0.1) is 0 Å². The Morgan fingerprint density at radius 2 is 2.00 bits per heavy atom. The van der Waals surface area contributed by atoms with Gasteiger partial charge in [0, 0.05) is 4.47 Å². The zero-order valence-corrected chi connectivity index (χ0v) is 17.8. The number of carbonyl (C=O) groups excluding carboxylic acids is 2. The predicted molar refractivity (Wildman–Crippen MR) is 106 cm³/mol. The van der Waals surface area contributed by atoms with E-state index in [0.717, 1.165) is 18.5 Å². The molecule has 130 valence electrons. The maximum Gasteiger partial charge on any atom is 0.326 e. The van der Waals surface area contributed by atoms with Crippen molar-refractivity contribution in [3.05, 3.63) is 48.3 Å². The van der Waals surface area contributed by atoms with Crippen LogP contribution in [0.3, 0.4) is 0 Å². The van der Waals surface area contributed by atoms with Crippen LogP contribution in [0.5, 0.6) is 0 Å². The highest BCUT2D eigenvalue weighted by Gasteiger charge is 2.14. The predicted octanol–water partition coefficient (Wildman–Crippen LogP) is 4.59. The van der Waals surface area contributed by atoms with Crippen LogP contribution < -0.4 is 4.80 Å². The average molecular weight is 504 g/mol. The molecule has 0 radical (unpaired) electrons. The lowest BCUT2D eigenvalue weighted by atomic mass is 10.3. The van der Waals surface area contributed by atoms with Crippen molar-refractivity contribution in [2.45, 2.75) is 13.5 Å². The number of thiazole rings is 1. The first kappa shape index (κ1) is 18.5. The van der Waals surface area contributed by atoms with Crippen molar-refractivity contribution < 1.29 is 14.3 Å². The van der Waals surface area contributed by atoms with Gasteiger partial charge in [0.2, 0.25) is 0 Å². The van der Waals surface area contributed by atoms with Gasteiger partial charge in [0.05, 0.1) is 25.5 Å². The van der Waals surface area contributed by atoms with Crippen molar-refractivity contribution >= 4 is 76.6 Å². The largest absolute Gasteiger partial charge is 0.465 e. The molecule has 0 unspecified atom stereocenters. The molecule has 25 heavy (non-hydrogen) atoms. The summed E-state index contributed by atoms with van der Waals surface area (Å²) in [7, 11) is 0. The molecule has 3 rings (SSSR count). The van der Waals surface area contributed by atoms with Gasteiger partial charge in [-0.05, 0) is 53.2 Å². The number of nitrogens with zero attached hydrogens (tertiary/aromatic N) is 2. The number of thiophene rings is 1. The summed E-state index contributed by atoms with van der Waals surface area (Å²) in [6.07, 6.45) is 0. The Morgan fingerprint density at radius 1 is 1.20 bits per heavy atom. The van der Waals surface area contributed by atoms with Gasteiger partial charge in [0.25, 0.3) is 5.91 Å². The van der Waals surface area contributed by atoms with Crippen molar-refractivity contribution in [2.75, 3.05) is 6.61 Å². The molecular formula is C16H12Br2N2O3S2. The fraction of sp³-hybridized carbons (Fsp3) is 0.188. The monoisotopic (exact) mass is 502 g/mol. The summed E-state index contributed by atoms with van der Waals surface area (Å²) >= 11 is 9.46. The van der Waals surface area contributed by atoms with E-state index in [9.17, 15) is 9.59 Å². The Hall–Kier alpha value is -1.29. The molecule has 0 aliphatic heterocycles. The molecule has 0 aliphatic rings. The van der Waals surface area contributed by atoms with Gasteiger partial charge in [0.15, 0.2) is 4.80 Å². The number of fused-ring (bicyclic) bond motifs is 1. The Balaban J connectivity index is 2.10. The van der Waals surface area contributed by atoms with Crippen molar-refractivity contribution in [2.24, 2.45) is 4.99 Å². The summed E-state index contributed by atoms with van der Waals surface area (Å²) in [5, 5.41) is 0. The number of amides is 1. The van der Waals surface area contributed by atoms with E-state index in [1.807, 2.05) is 24.3 Å². The molecule has 2 aromatic heterocycles. The first-order valence-electron chi connectivity index (χ1n) is 7.27. The van der Waals surface area contributed by atoms with Gasteiger partial charge in [-0.2, -0.15) is 4.99 Å². The Morgan fingerprint density at radius 3 is 2.68 bits per heavy atom. The van der Waals surface area contributed by atoms with Gasteiger partial charge >= 0.3 is 5.97 Å². The molecule has 0 fully saturated rings. The molecule has 1 amide bonds. The smallest absolute Gasteiger partial charge is 0.326 e. The minimum absolute atomic E-state index is 0.00964. The third kappa shape index (κ3) is 4.28. The summed E-state index contributed by atoms with van der Waals surface area (Å²) in [5.74, 6) is -0.697. The molecule has 0 bridgehead atoms. The number of hydrogen-bond donors (Lipinski definition) is 0. The number of benzene rings is 1. The molecule has 1 aromatic carbocycles. The Kier molecular flexibility index (Phi) is 5.88. The van der Waals surface area contributed by atoms with Crippen LogP contribution in [0.15, 0.2) is 43.6 Å². The number of halogens is 2. The second-order valence-corrected chi connectivity index (χ2v) is 9.30. The molecule has 9 heteroatoms. The van der Waals surface area contributed by atoms with Crippen LogP contribution in [-0.4, -0.2) is 23.1 Å². The van der Waals surface area contributed by atoms with Crippen molar-refractivity contribution in [3.63, 3.8) is 0 Å². The van der Waals surface area contributed by atoms with Gasteiger partial charge in [0.1, 0.15) is 6.54 Å². The summed E-state index contributed by atoms with van der Waals surface area (Å²) in [5.41, 5.74) is 0.833. The van der Waals surface area contributed by atoms with Crippen LogP contribution >= 0.6 is 54.5 Å². The van der Waals surface area contributed by atoms with Gasteiger partial charge in [-0.15, -0.1) is 11.3 Å². The first-order valence-corrected chi connectivity index (χ1v) is 10.5. The van der Waals surface area contributed by atoms with E-state index >= 15 is 0 Å². The summed E-state index contributed by atoms with van der Waals surface area (Å²) < 4.78 is 9.47. The van der Waals surface area contributed by atoms with Crippen LogP contribution in [0.1, 0.15) is 16.6 Å². The van der Waals surface area contributed by atoms with Gasteiger partial charge in [-0.1, -0.05) is 27.3 Å². The number of ether oxygens (including phenoxy) is 1. The van der Waals surface area contributed by atoms with Crippen molar-refractivity contribution in [1.29, 1.82) is 0 Å². The minimum Gasteiger partial charge on any atom is -0.465 e. The van der Waals surface area contributed by atoms with E-state index in [-0.39, 0.29) is 18.4 Å². The molecule has 2 heterocycles. The molecule has 0 saturated carbocycles. The maximum atomic E-state index is 12.4. The zero-order valence-electron chi connectivity index (χ0n) is 13.0. The molecular weight excluding hydrogens is 492 g/mol. The third-order valence-electron chi connectivity index (χ3n) is 3.22. The highest BCUT2D eigenvalue weighted by Crippen LogP contribution is 2.24. The fourth-order valence-electron chi connectivity index (χ4n) is 2.19. The normalized spacial score (nSPS) is 11.9. The standard InChI is InChI=1S/C16H12Br2N2O3S2/c1-2-23-14(21)8-20-10-4-3-9(17)7-12(10)25-16(20)19-15(22)11-5-6-13(18)24-11/h3-7H,2,8H2,1H3. The second-order valence-electron chi connectivity index (χ2n) is 4.91. The summed E-state index contributed by atoms with van der Waals surface area (Å²) in [4.78, 5) is 29.6. The van der Waals surface area contributed by atoms with Crippen LogP contribution in [0.25, 0.3) is 10.2 Å². The topological polar surface area (TPSA) is 60.7 Å². The van der Waals surface area contributed by atoms with Gasteiger partial charge < -0.3 is 9.30 Å². The van der Waals surface area contributed by atoms with E-state index in [2.05, 4.69) is 36.9 Å². The summed E-state index contributed by atoms with van der Waals surface area (Å²) in [6.45, 7) is 2.08. The van der Waals surface area contributed by atoms with Crippen LogP contribution in [0.4, 0.5) is 0 Å². The highest BCUT2D eigenvalue weighted by atomic mass is 79.9. The van der Waals surface area contributed by atoms with E-state index in [4.69, 9.17) is 4.74 Å². The minimum atomic E-state index is -0.363. The van der Waals surface area contributed by atoms with Gasteiger partial charge in [-0.25, -0.2) is 0 Å². The second kappa shape index (κ2) is 7.94. The van der Waals surface area contributed by atoms with Crippen LogP contribution in [-0.2, 0) is 16.1 Å². The lowest BCUT2D eigenvalue weighted by Crippen LogP contribution is -2.23. The molecule has 5 nitrogen and oxygen atoms in total. The maximum absolute atomic E-state index is 12.4. The SMILES string of the molecule is CCOC(=O)Cn1c(=NC(=O)c2ccc(Br)s2)sc2cc(Br)ccc21. The van der Waals surface area contributed by atoms with Gasteiger partial charge in [-0.3, -0.25) is 9.59 Å². The van der Waals surface area contributed by atoms with E-state index < -0.39 is 0 Å². The number of aromatic nitrogens is 1. The zero-order chi connectivity index (χ0) is 18.0. The number of rotatable bonds is 4. The summed E-state index contributed by atoms with van der Waals surface area (Å²) in [6, 6.07) is 9.24. The fourth-order valence-corrected chi connectivity index (χ4v) is 5.04. The molecule has 0 spiro atoms. The number of carbonyl (C=O) groups is 2. The number of hydrogen-bond acceptors (Lipinski definition) is 5. The highest BCUT2D eigenvalue weighted by molar-refractivity contribution is 9.11. The first-order chi connectivity index (χ1) is 12.0. The quantitative estimate of drug-likeness (QED) is 0.489. The molecule has 3 aromatic rings. The molecule has 0 atom stereocenters. The van der Waals surface area contributed by atoms with E-state index in [1.54, 1.807) is 17.6 Å². The molecule has 0 aliphatic carbocycles.